The fraction of sp³-hybridized carbons (Fsp3) is 0.750. The Balaban J connectivity index is 4.51. The van der Waals surface area contributed by atoms with Crippen molar-refractivity contribution in [1.29, 1.82) is 0 Å². The molecule has 0 rings (SSSR count). The Morgan fingerprint density at radius 1 is 1.16 bits per heavy atom. The second kappa shape index (κ2) is 7.60. The fourth-order valence-corrected chi connectivity index (χ4v) is 1.51. The highest BCUT2D eigenvalue weighted by Crippen LogP contribution is 2.07. The second-order valence-corrected chi connectivity index (χ2v) is 4.77. The highest BCUT2D eigenvalue weighted by atomic mass is 16.4. The number of carboxylic acids is 1. The SMILES string of the molecule is CCC(C)C(NC(=O)NC(C)C(=O)N(C)C)C(=O)O. The van der Waals surface area contributed by atoms with Gasteiger partial charge in [0.1, 0.15) is 12.1 Å². The molecule has 0 radical (unpaired) electrons. The first-order valence-corrected chi connectivity index (χ1v) is 6.21. The molecule has 7 nitrogen and oxygen atoms in total. The second-order valence-electron chi connectivity index (χ2n) is 4.77. The summed E-state index contributed by atoms with van der Waals surface area (Å²) >= 11 is 0. The lowest BCUT2D eigenvalue weighted by Crippen LogP contribution is -2.53. The van der Waals surface area contributed by atoms with Gasteiger partial charge in [-0.05, 0) is 12.8 Å². The normalized spacial score (nSPS) is 15.0. The lowest BCUT2D eigenvalue weighted by molar-refractivity contribution is -0.140. The molecule has 0 heterocycles. The van der Waals surface area contributed by atoms with Crippen LogP contribution in [0.15, 0.2) is 0 Å². The fourth-order valence-electron chi connectivity index (χ4n) is 1.51. The van der Waals surface area contributed by atoms with E-state index in [-0.39, 0.29) is 11.8 Å². The minimum atomic E-state index is -1.09. The Hall–Kier alpha value is -1.79. The average Bonchev–Trinajstić information content (AvgIpc) is 2.33. The van der Waals surface area contributed by atoms with Crippen molar-refractivity contribution in [2.45, 2.75) is 39.3 Å². The summed E-state index contributed by atoms with van der Waals surface area (Å²) in [5.41, 5.74) is 0. The van der Waals surface area contributed by atoms with Crippen LogP contribution in [0.4, 0.5) is 4.79 Å². The van der Waals surface area contributed by atoms with Gasteiger partial charge in [-0.15, -0.1) is 0 Å². The molecule has 0 aliphatic carbocycles. The van der Waals surface area contributed by atoms with Crippen molar-refractivity contribution in [2.75, 3.05) is 14.1 Å². The standard InChI is InChI=1S/C12H23N3O4/c1-6-7(2)9(11(17)18)14-12(19)13-8(3)10(16)15(4)5/h7-9H,6H2,1-5H3,(H,17,18)(H2,13,14,19). The van der Waals surface area contributed by atoms with E-state index in [0.717, 1.165) is 0 Å². The molecule has 0 saturated heterocycles. The first kappa shape index (κ1) is 17.2. The number of hydrogen-bond donors (Lipinski definition) is 3. The molecule has 0 aliphatic rings. The number of carboxylic acid groups (broad SMARTS) is 1. The van der Waals surface area contributed by atoms with Crippen LogP contribution >= 0.6 is 0 Å². The van der Waals surface area contributed by atoms with Crippen LogP contribution in [0.25, 0.3) is 0 Å². The van der Waals surface area contributed by atoms with E-state index in [4.69, 9.17) is 5.11 Å². The summed E-state index contributed by atoms with van der Waals surface area (Å²) < 4.78 is 0. The zero-order valence-corrected chi connectivity index (χ0v) is 12.1. The average molecular weight is 273 g/mol. The van der Waals surface area contributed by atoms with E-state index in [0.29, 0.717) is 6.42 Å². The molecular weight excluding hydrogens is 250 g/mol. The van der Waals surface area contributed by atoms with E-state index in [1.807, 2.05) is 6.92 Å². The number of carbonyl (C=O) groups excluding carboxylic acids is 2. The van der Waals surface area contributed by atoms with Gasteiger partial charge in [-0.3, -0.25) is 4.79 Å². The van der Waals surface area contributed by atoms with E-state index in [9.17, 15) is 14.4 Å². The Morgan fingerprint density at radius 2 is 1.68 bits per heavy atom. The summed E-state index contributed by atoms with van der Waals surface area (Å²) in [6.45, 7) is 5.13. The van der Waals surface area contributed by atoms with Crippen LogP contribution in [-0.2, 0) is 9.59 Å². The molecular formula is C12H23N3O4. The summed E-state index contributed by atoms with van der Waals surface area (Å²) in [6, 6.07) is -2.33. The van der Waals surface area contributed by atoms with Crippen molar-refractivity contribution >= 4 is 17.9 Å². The maximum absolute atomic E-state index is 11.7. The minimum absolute atomic E-state index is 0.192. The van der Waals surface area contributed by atoms with Crippen LogP contribution in [0, 0.1) is 5.92 Å². The third-order valence-corrected chi connectivity index (χ3v) is 2.92. The molecule has 0 bridgehead atoms. The Bertz CT molecular complexity index is 344. The summed E-state index contributed by atoms with van der Waals surface area (Å²) in [7, 11) is 3.16. The van der Waals surface area contributed by atoms with Gasteiger partial charge in [0.25, 0.3) is 0 Å². The van der Waals surface area contributed by atoms with Gasteiger partial charge >= 0.3 is 12.0 Å². The van der Waals surface area contributed by atoms with Gasteiger partial charge in [-0.25, -0.2) is 9.59 Å². The van der Waals surface area contributed by atoms with Crippen molar-refractivity contribution < 1.29 is 19.5 Å². The van der Waals surface area contributed by atoms with E-state index >= 15 is 0 Å². The van der Waals surface area contributed by atoms with Crippen LogP contribution in [-0.4, -0.2) is 54.1 Å². The number of nitrogens with one attached hydrogen (secondary N) is 2. The summed E-state index contributed by atoms with van der Waals surface area (Å²) in [5, 5.41) is 13.8. The molecule has 0 aliphatic heterocycles. The summed E-state index contributed by atoms with van der Waals surface area (Å²) in [6.07, 6.45) is 0.628. The molecule has 110 valence electrons. The molecule has 0 aromatic rings. The van der Waals surface area contributed by atoms with Crippen molar-refractivity contribution in [3.63, 3.8) is 0 Å². The number of hydrogen-bond acceptors (Lipinski definition) is 3. The monoisotopic (exact) mass is 273 g/mol. The summed E-state index contributed by atoms with van der Waals surface area (Å²) in [5.74, 6) is -1.54. The lowest BCUT2D eigenvalue weighted by atomic mass is 9.99. The highest BCUT2D eigenvalue weighted by Gasteiger charge is 2.26. The van der Waals surface area contributed by atoms with Crippen molar-refractivity contribution in [3.8, 4) is 0 Å². The van der Waals surface area contributed by atoms with Crippen LogP contribution in [0.5, 0.6) is 0 Å². The molecule has 0 fully saturated rings. The van der Waals surface area contributed by atoms with Crippen LogP contribution in [0.3, 0.4) is 0 Å². The zero-order chi connectivity index (χ0) is 15.2. The van der Waals surface area contributed by atoms with Crippen molar-refractivity contribution in [2.24, 2.45) is 5.92 Å². The van der Waals surface area contributed by atoms with Gasteiger partial charge in [0.15, 0.2) is 0 Å². The van der Waals surface area contributed by atoms with Crippen molar-refractivity contribution in [3.05, 3.63) is 0 Å². The van der Waals surface area contributed by atoms with Crippen molar-refractivity contribution in [1.82, 2.24) is 15.5 Å². The quantitative estimate of drug-likeness (QED) is 0.646. The van der Waals surface area contributed by atoms with Crippen LogP contribution in [0.2, 0.25) is 0 Å². The Kier molecular flexibility index (Phi) is 6.89. The van der Waals surface area contributed by atoms with Crippen LogP contribution < -0.4 is 10.6 Å². The number of carbonyl (C=O) groups is 3. The molecule has 3 unspecified atom stereocenters. The number of likely N-dealkylation sites (N-methyl/N-ethyl adjacent to an activating group) is 1. The van der Waals surface area contributed by atoms with E-state index < -0.39 is 24.1 Å². The predicted octanol–water partition coefficient (Wildman–Crippen LogP) is 0.262. The van der Waals surface area contributed by atoms with Gasteiger partial charge in [-0.2, -0.15) is 0 Å². The third-order valence-electron chi connectivity index (χ3n) is 2.92. The topological polar surface area (TPSA) is 98.7 Å². The molecule has 7 heteroatoms. The molecule has 3 atom stereocenters. The first-order valence-electron chi connectivity index (χ1n) is 6.21. The van der Waals surface area contributed by atoms with Gasteiger partial charge in [0, 0.05) is 14.1 Å². The first-order chi connectivity index (χ1) is 8.70. The third kappa shape index (κ3) is 5.58. The molecule has 0 aromatic carbocycles. The molecule has 0 saturated carbocycles. The lowest BCUT2D eigenvalue weighted by Gasteiger charge is -2.22. The maximum Gasteiger partial charge on any atom is 0.326 e. The van der Waals surface area contributed by atoms with E-state index in [1.54, 1.807) is 27.9 Å². The molecule has 3 N–H and O–H groups in total. The van der Waals surface area contributed by atoms with E-state index in [1.165, 1.54) is 4.90 Å². The minimum Gasteiger partial charge on any atom is -0.480 e. The molecule has 0 spiro atoms. The van der Waals surface area contributed by atoms with Gasteiger partial charge in [-0.1, -0.05) is 20.3 Å². The molecule has 0 aromatic heterocycles. The molecule has 19 heavy (non-hydrogen) atoms. The zero-order valence-electron chi connectivity index (χ0n) is 12.1. The number of aliphatic carboxylic acids is 1. The number of amides is 3. The van der Waals surface area contributed by atoms with Gasteiger partial charge in [0.05, 0.1) is 0 Å². The smallest absolute Gasteiger partial charge is 0.326 e. The number of nitrogens with zero attached hydrogens (tertiary/aromatic N) is 1. The predicted molar refractivity (Wildman–Crippen MR) is 70.7 cm³/mol. The number of rotatable bonds is 6. The summed E-state index contributed by atoms with van der Waals surface area (Å²) in [4.78, 5) is 35.6. The maximum atomic E-state index is 11.7. The highest BCUT2D eigenvalue weighted by molar-refractivity contribution is 5.88. The Labute approximate surface area is 113 Å². The van der Waals surface area contributed by atoms with Gasteiger partial charge < -0.3 is 20.6 Å². The Morgan fingerprint density at radius 3 is 2.05 bits per heavy atom. The molecule has 3 amide bonds. The van der Waals surface area contributed by atoms with Gasteiger partial charge in [0.2, 0.25) is 5.91 Å². The number of urea groups is 1. The largest absolute Gasteiger partial charge is 0.480 e. The van der Waals surface area contributed by atoms with Crippen LogP contribution in [0.1, 0.15) is 27.2 Å². The van der Waals surface area contributed by atoms with E-state index in [2.05, 4.69) is 10.6 Å².